The van der Waals surface area contributed by atoms with Gasteiger partial charge in [0, 0.05) is 0 Å². The Hall–Kier alpha value is -1.94. The van der Waals surface area contributed by atoms with Crippen molar-refractivity contribution in [1.82, 2.24) is 0 Å². The molecule has 4 heteroatoms. The Morgan fingerprint density at radius 2 is 1.84 bits per heavy atom. The Morgan fingerprint density at radius 3 is 2.47 bits per heavy atom. The van der Waals surface area contributed by atoms with Gasteiger partial charge in [0.25, 0.3) is 0 Å². The van der Waals surface area contributed by atoms with Crippen molar-refractivity contribution in [2.24, 2.45) is 0 Å². The van der Waals surface area contributed by atoms with Crippen LogP contribution in [0.25, 0.3) is 0 Å². The van der Waals surface area contributed by atoms with Gasteiger partial charge >= 0.3 is 0 Å². The first kappa shape index (κ1) is 13.5. The van der Waals surface area contributed by atoms with Gasteiger partial charge in [-0.05, 0) is 43.2 Å². The van der Waals surface area contributed by atoms with Crippen molar-refractivity contribution in [2.75, 3.05) is 0 Å². The molecule has 0 aliphatic carbocycles. The number of hydrogen-bond acceptors (Lipinski definition) is 2. The number of benzene rings is 2. The number of halogens is 2. The van der Waals surface area contributed by atoms with Gasteiger partial charge < -0.3 is 9.84 Å². The van der Waals surface area contributed by atoms with Gasteiger partial charge in [-0.15, -0.1) is 0 Å². The maximum absolute atomic E-state index is 13.8. The Kier molecular flexibility index (Phi) is 3.81. The first-order chi connectivity index (χ1) is 8.99. The number of rotatable bonds is 3. The van der Waals surface area contributed by atoms with Crippen molar-refractivity contribution in [2.45, 2.75) is 20.0 Å². The molecule has 2 aromatic carbocycles. The molecule has 0 bridgehead atoms. The normalized spacial score (nSPS) is 12.3. The molecule has 100 valence electrons. The van der Waals surface area contributed by atoms with Gasteiger partial charge in [0.15, 0.2) is 23.1 Å². The van der Waals surface area contributed by atoms with Gasteiger partial charge in [-0.2, -0.15) is 0 Å². The first-order valence-corrected chi connectivity index (χ1v) is 5.89. The van der Waals surface area contributed by atoms with Crippen LogP contribution in [-0.4, -0.2) is 5.11 Å². The maximum Gasteiger partial charge on any atom is 0.168 e. The van der Waals surface area contributed by atoms with Gasteiger partial charge in [0.1, 0.15) is 0 Å². The number of aryl methyl sites for hydroxylation is 1. The van der Waals surface area contributed by atoms with Crippen LogP contribution in [0.3, 0.4) is 0 Å². The highest BCUT2D eigenvalue weighted by molar-refractivity contribution is 5.37. The van der Waals surface area contributed by atoms with E-state index in [2.05, 4.69) is 0 Å². The van der Waals surface area contributed by atoms with Crippen LogP contribution < -0.4 is 4.74 Å². The monoisotopic (exact) mass is 264 g/mol. The highest BCUT2D eigenvalue weighted by atomic mass is 19.1. The van der Waals surface area contributed by atoms with Crippen LogP contribution in [-0.2, 0) is 0 Å². The second-order valence-corrected chi connectivity index (χ2v) is 4.35. The molecule has 1 atom stereocenters. The molecule has 0 aliphatic rings. The Morgan fingerprint density at radius 1 is 1.11 bits per heavy atom. The van der Waals surface area contributed by atoms with E-state index in [-0.39, 0.29) is 11.5 Å². The van der Waals surface area contributed by atoms with Crippen molar-refractivity contribution in [3.8, 4) is 11.5 Å². The lowest BCUT2D eigenvalue weighted by Gasteiger charge is -2.11. The molecule has 0 radical (unpaired) electrons. The largest absolute Gasteiger partial charge is 0.451 e. The van der Waals surface area contributed by atoms with Gasteiger partial charge in [-0.1, -0.05) is 18.2 Å². The summed E-state index contributed by atoms with van der Waals surface area (Å²) in [5.74, 6) is -1.25. The Bertz CT molecular complexity index is 595. The van der Waals surface area contributed by atoms with Crippen LogP contribution in [0.15, 0.2) is 36.4 Å². The Balaban J connectivity index is 2.31. The summed E-state index contributed by atoms with van der Waals surface area (Å²) in [6, 6.07) is 8.76. The second kappa shape index (κ2) is 5.36. The number of ether oxygens (including phenoxy) is 1. The molecular weight excluding hydrogens is 250 g/mol. The zero-order valence-corrected chi connectivity index (χ0v) is 10.7. The van der Waals surface area contributed by atoms with E-state index in [0.29, 0.717) is 11.1 Å². The molecule has 0 fully saturated rings. The van der Waals surface area contributed by atoms with Crippen LogP contribution in [0.2, 0.25) is 0 Å². The summed E-state index contributed by atoms with van der Waals surface area (Å²) in [6.45, 7) is 3.14. The minimum atomic E-state index is -0.765. The van der Waals surface area contributed by atoms with Gasteiger partial charge in [0.2, 0.25) is 0 Å². The van der Waals surface area contributed by atoms with E-state index in [1.165, 1.54) is 31.2 Å². The average molecular weight is 264 g/mol. The summed E-state index contributed by atoms with van der Waals surface area (Å²) >= 11 is 0. The Labute approximate surface area is 110 Å². The van der Waals surface area contributed by atoms with Crippen LogP contribution in [0, 0.1) is 18.6 Å². The zero-order chi connectivity index (χ0) is 14.0. The van der Waals surface area contributed by atoms with Crippen molar-refractivity contribution in [3.05, 3.63) is 59.2 Å². The topological polar surface area (TPSA) is 29.5 Å². The molecule has 2 rings (SSSR count). The van der Waals surface area contributed by atoms with Gasteiger partial charge in [-0.25, -0.2) is 8.78 Å². The summed E-state index contributed by atoms with van der Waals surface area (Å²) in [7, 11) is 0. The van der Waals surface area contributed by atoms with Gasteiger partial charge in [0.05, 0.1) is 6.10 Å². The third kappa shape index (κ3) is 2.90. The van der Waals surface area contributed by atoms with Gasteiger partial charge in [-0.3, -0.25) is 0 Å². The molecule has 1 N–H and O–H groups in total. The van der Waals surface area contributed by atoms with Crippen molar-refractivity contribution in [3.63, 3.8) is 0 Å². The number of hydrogen-bond donors (Lipinski definition) is 1. The van der Waals surface area contributed by atoms with E-state index in [4.69, 9.17) is 4.74 Å². The minimum absolute atomic E-state index is 0.0244. The fourth-order valence-corrected chi connectivity index (χ4v) is 1.68. The third-order valence-electron chi connectivity index (χ3n) is 2.81. The van der Waals surface area contributed by atoms with E-state index in [9.17, 15) is 13.9 Å². The molecule has 0 saturated carbocycles. The molecule has 0 spiro atoms. The van der Waals surface area contributed by atoms with E-state index in [0.717, 1.165) is 0 Å². The van der Waals surface area contributed by atoms with Crippen LogP contribution in [0.5, 0.6) is 11.5 Å². The second-order valence-electron chi connectivity index (χ2n) is 4.35. The van der Waals surface area contributed by atoms with E-state index < -0.39 is 17.7 Å². The minimum Gasteiger partial charge on any atom is -0.451 e. The van der Waals surface area contributed by atoms with Crippen molar-refractivity contribution >= 4 is 0 Å². The number of aliphatic hydroxyl groups is 1. The quantitative estimate of drug-likeness (QED) is 0.903. The highest BCUT2D eigenvalue weighted by Crippen LogP contribution is 2.29. The third-order valence-corrected chi connectivity index (χ3v) is 2.81. The van der Waals surface area contributed by atoms with Crippen LogP contribution >= 0.6 is 0 Å². The smallest absolute Gasteiger partial charge is 0.168 e. The summed E-state index contributed by atoms with van der Waals surface area (Å²) in [6.07, 6.45) is -0.765. The average Bonchev–Trinajstić information content (AvgIpc) is 2.37. The molecular formula is C15H14F2O2. The highest BCUT2D eigenvalue weighted by Gasteiger charge is 2.12. The predicted molar refractivity (Wildman–Crippen MR) is 68.2 cm³/mol. The first-order valence-electron chi connectivity index (χ1n) is 5.89. The molecule has 0 saturated heterocycles. The molecule has 0 unspecified atom stereocenters. The molecule has 2 nitrogen and oxygen atoms in total. The molecule has 2 aromatic rings. The molecule has 0 aromatic heterocycles. The summed E-state index contributed by atoms with van der Waals surface area (Å²) in [4.78, 5) is 0. The zero-order valence-electron chi connectivity index (χ0n) is 10.7. The van der Waals surface area contributed by atoms with Crippen molar-refractivity contribution in [1.29, 1.82) is 0 Å². The summed E-state index contributed by atoms with van der Waals surface area (Å²) in [5.41, 5.74) is 0.869. The van der Waals surface area contributed by atoms with Crippen LogP contribution in [0.1, 0.15) is 24.2 Å². The molecule has 0 aliphatic heterocycles. The molecule has 19 heavy (non-hydrogen) atoms. The standard InChI is InChI=1S/C15H14F2O2/c1-9-4-3-5-14(15(9)17)19-13-7-6-11(10(2)18)8-12(13)16/h3-8,10,18H,1-2H3/t10-/m1/s1. The molecule has 0 heterocycles. The number of aliphatic hydroxyl groups excluding tert-OH is 1. The lowest BCUT2D eigenvalue weighted by Crippen LogP contribution is -1.96. The summed E-state index contributed by atoms with van der Waals surface area (Å²) < 4.78 is 32.7. The molecule has 0 amide bonds. The SMILES string of the molecule is Cc1cccc(Oc2ccc([C@@H](C)O)cc2F)c1F. The van der Waals surface area contributed by atoms with Crippen molar-refractivity contribution < 1.29 is 18.6 Å². The van der Waals surface area contributed by atoms with Crippen LogP contribution in [0.4, 0.5) is 8.78 Å². The van der Waals surface area contributed by atoms with E-state index in [1.54, 1.807) is 19.1 Å². The van der Waals surface area contributed by atoms with E-state index >= 15 is 0 Å². The lowest BCUT2D eigenvalue weighted by molar-refractivity contribution is 0.198. The maximum atomic E-state index is 13.8. The fourth-order valence-electron chi connectivity index (χ4n) is 1.68. The fraction of sp³-hybridized carbons (Fsp3) is 0.200. The lowest BCUT2D eigenvalue weighted by atomic mass is 10.1. The summed E-state index contributed by atoms with van der Waals surface area (Å²) in [5, 5.41) is 9.34. The predicted octanol–water partition coefficient (Wildman–Crippen LogP) is 4.12. The van der Waals surface area contributed by atoms with E-state index in [1.807, 2.05) is 0 Å².